The summed E-state index contributed by atoms with van der Waals surface area (Å²) in [6.45, 7) is 4.18. The van der Waals surface area contributed by atoms with Gasteiger partial charge in [-0.1, -0.05) is 0 Å². The fourth-order valence-corrected chi connectivity index (χ4v) is 2.03. The van der Waals surface area contributed by atoms with E-state index in [1.807, 2.05) is 0 Å². The maximum absolute atomic E-state index is 12.7. The van der Waals surface area contributed by atoms with E-state index in [1.165, 1.54) is 4.90 Å². The molecule has 0 saturated carbocycles. The molecule has 22 heavy (non-hydrogen) atoms. The first-order valence-corrected chi connectivity index (χ1v) is 6.61. The van der Waals surface area contributed by atoms with Crippen LogP contribution in [0.15, 0.2) is 18.3 Å². The molecule has 0 bridgehead atoms. The molecular formula is C13H14F3N3O3. The fraction of sp³-hybridized carbons (Fsp3) is 0.462. The van der Waals surface area contributed by atoms with Gasteiger partial charge in [-0.15, -0.1) is 0 Å². The van der Waals surface area contributed by atoms with Crippen LogP contribution in [0.4, 0.5) is 22.8 Å². The van der Waals surface area contributed by atoms with Crippen LogP contribution in [0.2, 0.25) is 0 Å². The molecule has 120 valence electrons. The quantitative estimate of drug-likeness (QED) is 0.859. The number of cyclic esters (lactones) is 1. The highest BCUT2D eigenvalue weighted by Gasteiger charge is 2.47. The molecule has 1 fully saturated rings. The normalized spacial score (nSPS) is 17.8. The third-order valence-corrected chi connectivity index (χ3v) is 3.25. The number of imide groups is 1. The maximum Gasteiger partial charge on any atom is 0.423 e. The minimum Gasteiger partial charge on any atom is -0.418 e. The van der Waals surface area contributed by atoms with Crippen molar-refractivity contribution in [1.29, 1.82) is 0 Å². The molecule has 6 nitrogen and oxygen atoms in total. The first-order chi connectivity index (χ1) is 10.3. The van der Waals surface area contributed by atoms with Crippen molar-refractivity contribution in [2.45, 2.75) is 26.3 Å². The van der Waals surface area contributed by atoms with Gasteiger partial charge in [0.25, 0.3) is 0 Å². The molecule has 1 aliphatic heterocycles. The van der Waals surface area contributed by atoms with E-state index < -0.39 is 30.1 Å². The monoisotopic (exact) mass is 317 g/mol. The molecule has 2 rings (SSSR count). The van der Waals surface area contributed by atoms with E-state index in [4.69, 9.17) is 4.74 Å². The molecule has 0 spiro atoms. The second-order valence-electron chi connectivity index (χ2n) is 4.53. The summed E-state index contributed by atoms with van der Waals surface area (Å²) in [5.74, 6) is 0. The van der Waals surface area contributed by atoms with Crippen molar-refractivity contribution in [3.8, 4) is 0 Å². The van der Waals surface area contributed by atoms with Crippen LogP contribution in [-0.2, 0) is 10.9 Å². The molecule has 1 aliphatic rings. The van der Waals surface area contributed by atoms with Crippen molar-refractivity contribution in [2.75, 3.05) is 13.1 Å². The van der Waals surface area contributed by atoms with Crippen LogP contribution in [0.1, 0.15) is 31.3 Å². The number of halogens is 3. The second kappa shape index (κ2) is 5.82. The molecule has 9 heteroatoms. The van der Waals surface area contributed by atoms with Gasteiger partial charge in [0.1, 0.15) is 5.69 Å². The first-order valence-electron chi connectivity index (χ1n) is 6.61. The minimum absolute atomic E-state index is 0.144. The summed E-state index contributed by atoms with van der Waals surface area (Å²) in [5, 5.41) is 0. The number of pyridine rings is 1. The van der Waals surface area contributed by atoms with E-state index in [9.17, 15) is 22.8 Å². The lowest BCUT2D eigenvalue weighted by atomic mass is 10.2. The zero-order valence-electron chi connectivity index (χ0n) is 11.9. The maximum atomic E-state index is 12.7. The lowest BCUT2D eigenvalue weighted by Gasteiger charge is -2.39. The Labute approximate surface area is 124 Å². The average molecular weight is 317 g/mol. The highest BCUT2D eigenvalue weighted by molar-refractivity contribution is 5.94. The van der Waals surface area contributed by atoms with Gasteiger partial charge in [0, 0.05) is 19.3 Å². The standard InChI is InChI=1S/C13H14F3N3O3/c1-3-18(4-2)11(20)19-10(22-12(19)21)9-7-8(5-6-17-9)13(14,15)16/h5-7,10H,3-4H2,1-2H3. The summed E-state index contributed by atoms with van der Waals surface area (Å²) in [5.41, 5.74) is -1.06. The third-order valence-electron chi connectivity index (χ3n) is 3.25. The van der Waals surface area contributed by atoms with Gasteiger partial charge >= 0.3 is 18.3 Å². The number of ether oxygens (including phenoxy) is 1. The number of rotatable bonds is 3. The van der Waals surface area contributed by atoms with Gasteiger partial charge < -0.3 is 9.64 Å². The Morgan fingerprint density at radius 3 is 2.55 bits per heavy atom. The first kappa shape index (κ1) is 16.1. The Hall–Kier alpha value is -2.32. The topological polar surface area (TPSA) is 62.7 Å². The fourth-order valence-electron chi connectivity index (χ4n) is 2.03. The Morgan fingerprint density at radius 1 is 1.41 bits per heavy atom. The number of nitrogens with zero attached hydrogens (tertiary/aromatic N) is 3. The molecule has 1 unspecified atom stereocenters. The molecule has 3 amide bonds. The molecule has 0 radical (unpaired) electrons. The average Bonchev–Trinajstić information content (AvgIpc) is 2.45. The van der Waals surface area contributed by atoms with Crippen LogP contribution < -0.4 is 0 Å². The zero-order chi connectivity index (χ0) is 16.5. The van der Waals surface area contributed by atoms with E-state index in [-0.39, 0.29) is 5.69 Å². The smallest absolute Gasteiger partial charge is 0.418 e. The van der Waals surface area contributed by atoms with Gasteiger partial charge in [0.2, 0.25) is 6.23 Å². The van der Waals surface area contributed by atoms with Crippen LogP contribution in [-0.4, -0.2) is 40.0 Å². The molecule has 0 N–H and O–H groups in total. The molecule has 1 aromatic rings. The molecule has 1 aromatic heterocycles. The Morgan fingerprint density at radius 2 is 2.05 bits per heavy atom. The summed E-state index contributed by atoms with van der Waals surface area (Å²) in [6.07, 6.45) is -5.71. The molecule has 1 saturated heterocycles. The number of carbonyl (C=O) groups is 2. The second-order valence-corrected chi connectivity index (χ2v) is 4.53. The number of alkyl halides is 3. The van der Waals surface area contributed by atoms with E-state index in [0.29, 0.717) is 13.1 Å². The van der Waals surface area contributed by atoms with Gasteiger partial charge in [0.15, 0.2) is 0 Å². The van der Waals surface area contributed by atoms with E-state index in [1.54, 1.807) is 13.8 Å². The van der Waals surface area contributed by atoms with Gasteiger partial charge in [0.05, 0.1) is 5.56 Å². The van der Waals surface area contributed by atoms with Crippen molar-refractivity contribution < 1.29 is 27.5 Å². The third kappa shape index (κ3) is 2.83. The van der Waals surface area contributed by atoms with Gasteiger partial charge in [-0.3, -0.25) is 4.98 Å². The van der Waals surface area contributed by atoms with Gasteiger partial charge in [-0.2, -0.15) is 18.1 Å². The van der Waals surface area contributed by atoms with Crippen molar-refractivity contribution >= 4 is 12.1 Å². The van der Waals surface area contributed by atoms with Gasteiger partial charge in [-0.05, 0) is 26.0 Å². The predicted molar refractivity (Wildman–Crippen MR) is 68.6 cm³/mol. The number of amides is 3. The number of hydrogen-bond donors (Lipinski definition) is 0. The van der Waals surface area contributed by atoms with Crippen molar-refractivity contribution in [3.05, 3.63) is 29.6 Å². The Balaban J connectivity index is 2.26. The largest absolute Gasteiger partial charge is 0.423 e. The van der Waals surface area contributed by atoms with Crippen LogP contribution in [0.25, 0.3) is 0 Å². The Kier molecular flexibility index (Phi) is 4.25. The van der Waals surface area contributed by atoms with Crippen molar-refractivity contribution in [1.82, 2.24) is 14.8 Å². The molecular weight excluding hydrogens is 303 g/mol. The van der Waals surface area contributed by atoms with Crippen molar-refractivity contribution in [3.63, 3.8) is 0 Å². The molecule has 0 aromatic carbocycles. The summed E-state index contributed by atoms with van der Waals surface area (Å²) in [7, 11) is 0. The number of aromatic nitrogens is 1. The minimum atomic E-state index is -4.54. The zero-order valence-corrected chi connectivity index (χ0v) is 11.9. The highest BCUT2D eigenvalue weighted by Crippen LogP contribution is 2.35. The van der Waals surface area contributed by atoms with Crippen LogP contribution in [0, 0.1) is 0 Å². The predicted octanol–water partition coefficient (Wildman–Crippen LogP) is 3.01. The van der Waals surface area contributed by atoms with E-state index in [0.717, 1.165) is 23.2 Å². The number of urea groups is 1. The Bertz CT molecular complexity index is 587. The molecule has 0 aliphatic carbocycles. The van der Waals surface area contributed by atoms with E-state index >= 15 is 0 Å². The lowest BCUT2D eigenvalue weighted by Crippen LogP contribution is -2.56. The number of carbonyl (C=O) groups excluding carboxylic acids is 2. The van der Waals surface area contributed by atoms with Crippen molar-refractivity contribution in [2.24, 2.45) is 0 Å². The van der Waals surface area contributed by atoms with Crippen LogP contribution in [0.3, 0.4) is 0 Å². The molecule has 2 heterocycles. The highest BCUT2D eigenvalue weighted by atomic mass is 19.4. The number of hydrogen-bond acceptors (Lipinski definition) is 4. The summed E-state index contributed by atoms with van der Waals surface area (Å²) < 4.78 is 42.9. The lowest BCUT2D eigenvalue weighted by molar-refractivity contribution is -0.138. The van der Waals surface area contributed by atoms with E-state index in [2.05, 4.69) is 4.98 Å². The summed E-state index contributed by atoms with van der Waals surface area (Å²) >= 11 is 0. The van der Waals surface area contributed by atoms with Crippen LogP contribution >= 0.6 is 0 Å². The molecule has 1 atom stereocenters. The van der Waals surface area contributed by atoms with Gasteiger partial charge in [-0.25, -0.2) is 9.59 Å². The summed E-state index contributed by atoms with van der Waals surface area (Å²) in [6, 6.07) is 0.950. The van der Waals surface area contributed by atoms with Crippen LogP contribution in [0.5, 0.6) is 0 Å². The SMILES string of the molecule is CCN(CC)C(=O)N1C(=O)OC1c1cc(C(F)(F)F)ccn1. The summed E-state index contributed by atoms with van der Waals surface area (Å²) in [4.78, 5) is 29.5.